The Morgan fingerprint density at radius 3 is 2.50 bits per heavy atom. The topological polar surface area (TPSA) is 32.3 Å². The van der Waals surface area contributed by atoms with Gasteiger partial charge in [-0.3, -0.25) is 4.79 Å². The zero-order valence-electron chi connectivity index (χ0n) is 11.5. The van der Waals surface area contributed by atoms with Crippen molar-refractivity contribution >= 4 is 5.91 Å². The van der Waals surface area contributed by atoms with Crippen molar-refractivity contribution in [2.75, 3.05) is 20.6 Å². The van der Waals surface area contributed by atoms with Gasteiger partial charge in [0, 0.05) is 18.5 Å². The molecule has 0 unspecified atom stereocenters. The second-order valence-corrected chi connectivity index (χ2v) is 5.21. The summed E-state index contributed by atoms with van der Waals surface area (Å²) in [5, 5.41) is 2.86. The molecule has 0 spiro atoms. The van der Waals surface area contributed by atoms with Crippen LogP contribution in [-0.2, 0) is 10.3 Å². The number of halogens is 1. The molecule has 0 aromatic heterocycles. The third-order valence-corrected chi connectivity index (χ3v) is 2.79. The summed E-state index contributed by atoms with van der Waals surface area (Å²) in [6, 6.07) is 6.51. The summed E-state index contributed by atoms with van der Waals surface area (Å²) in [5.41, 5.74) is -0.197. The molecule has 3 nitrogen and oxygen atoms in total. The van der Waals surface area contributed by atoms with Crippen LogP contribution in [0.5, 0.6) is 0 Å². The maximum atomic E-state index is 13.7. The quantitative estimate of drug-likeness (QED) is 0.870. The molecule has 4 heteroatoms. The predicted molar refractivity (Wildman–Crippen MR) is 70.7 cm³/mol. The molecule has 0 heterocycles. The van der Waals surface area contributed by atoms with E-state index in [2.05, 4.69) is 5.32 Å². The molecular formula is C14H21FN2O. The van der Waals surface area contributed by atoms with E-state index in [1.165, 1.54) is 6.07 Å². The average molecular weight is 252 g/mol. The summed E-state index contributed by atoms with van der Waals surface area (Å²) in [6.45, 7) is 4.29. The Labute approximate surface area is 108 Å². The zero-order chi connectivity index (χ0) is 13.8. The molecule has 0 saturated carbocycles. The van der Waals surface area contributed by atoms with Crippen LogP contribution in [0.1, 0.15) is 25.8 Å². The Balaban J connectivity index is 2.70. The molecule has 0 radical (unpaired) electrons. The standard InChI is InChI=1S/C14H21FN2O/c1-14(2,11-7-5-6-8-12(11)15)16-13(18)9-10-17(3)4/h5-8H,9-10H2,1-4H3,(H,16,18). The number of hydrogen-bond acceptors (Lipinski definition) is 2. The SMILES string of the molecule is CN(C)CCC(=O)NC(C)(C)c1ccccc1F. The van der Waals surface area contributed by atoms with E-state index in [1.807, 2.05) is 19.0 Å². The van der Waals surface area contributed by atoms with Gasteiger partial charge in [0.05, 0.1) is 5.54 Å². The van der Waals surface area contributed by atoms with Crippen molar-refractivity contribution in [3.63, 3.8) is 0 Å². The molecule has 1 aromatic carbocycles. The van der Waals surface area contributed by atoms with E-state index in [1.54, 1.807) is 32.0 Å². The van der Waals surface area contributed by atoms with Crippen molar-refractivity contribution in [2.24, 2.45) is 0 Å². The third-order valence-electron chi connectivity index (χ3n) is 2.79. The summed E-state index contributed by atoms with van der Waals surface area (Å²) in [7, 11) is 3.82. The van der Waals surface area contributed by atoms with E-state index >= 15 is 0 Å². The van der Waals surface area contributed by atoms with E-state index in [-0.39, 0.29) is 11.7 Å². The van der Waals surface area contributed by atoms with Gasteiger partial charge in [0.25, 0.3) is 0 Å². The highest BCUT2D eigenvalue weighted by Crippen LogP contribution is 2.22. The monoisotopic (exact) mass is 252 g/mol. The van der Waals surface area contributed by atoms with Crippen LogP contribution in [0.4, 0.5) is 4.39 Å². The average Bonchev–Trinajstić information content (AvgIpc) is 2.26. The summed E-state index contributed by atoms with van der Waals surface area (Å²) in [6.07, 6.45) is 0.408. The van der Waals surface area contributed by atoms with Crippen LogP contribution in [0, 0.1) is 5.82 Å². The number of rotatable bonds is 5. The minimum Gasteiger partial charge on any atom is -0.347 e. The van der Waals surface area contributed by atoms with Crippen molar-refractivity contribution < 1.29 is 9.18 Å². The van der Waals surface area contributed by atoms with Gasteiger partial charge in [0.15, 0.2) is 0 Å². The predicted octanol–water partition coefficient (Wildman–Crippen LogP) is 2.13. The third kappa shape index (κ3) is 4.11. The molecule has 0 aliphatic carbocycles. The first-order chi connectivity index (χ1) is 8.33. The van der Waals surface area contributed by atoms with E-state index in [4.69, 9.17) is 0 Å². The molecule has 0 saturated heterocycles. The molecule has 1 N–H and O–H groups in total. The van der Waals surface area contributed by atoms with Gasteiger partial charge in [-0.15, -0.1) is 0 Å². The second kappa shape index (κ2) is 5.96. The molecule has 0 aliphatic heterocycles. The summed E-state index contributed by atoms with van der Waals surface area (Å²) in [5.74, 6) is -0.368. The van der Waals surface area contributed by atoms with E-state index < -0.39 is 5.54 Å². The molecule has 1 amide bonds. The number of nitrogens with zero attached hydrogens (tertiary/aromatic N) is 1. The fourth-order valence-electron chi connectivity index (χ4n) is 1.77. The largest absolute Gasteiger partial charge is 0.347 e. The van der Waals surface area contributed by atoms with Gasteiger partial charge in [0.2, 0.25) is 5.91 Å². The first-order valence-corrected chi connectivity index (χ1v) is 6.03. The van der Waals surface area contributed by atoms with E-state index in [0.29, 0.717) is 18.5 Å². The maximum absolute atomic E-state index is 13.7. The highest BCUT2D eigenvalue weighted by atomic mass is 19.1. The smallest absolute Gasteiger partial charge is 0.221 e. The van der Waals surface area contributed by atoms with Gasteiger partial charge >= 0.3 is 0 Å². The summed E-state index contributed by atoms with van der Waals surface area (Å²) >= 11 is 0. The molecular weight excluding hydrogens is 231 g/mol. The lowest BCUT2D eigenvalue weighted by Crippen LogP contribution is -2.42. The Bertz CT molecular complexity index is 416. The fourth-order valence-corrected chi connectivity index (χ4v) is 1.77. The van der Waals surface area contributed by atoms with Gasteiger partial charge in [0.1, 0.15) is 5.82 Å². The minimum absolute atomic E-state index is 0.0723. The molecule has 0 aliphatic rings. The highest BCUT2D eigenvalue weighted by molar-refractivity contribution is 5.77. The van der Waals surface area contributed by atoms with Gasteiger partial charge < -0.3 is 10.2 Å². The lowest BCUT2D eigenvalue weighted by molar-refractivity contribution is -0.123. The molecule has 100 valence electrons. The number of carbonyl (C=O) groups is 1. The Kier molecular flexibility index (Phi) is 4.84. The Hall–Kier alpha value is -1.42. The number of benzene rings is 1. The first-order valence-electron chi connectivity index (χ1n) is 6.03. The summed E-state index contributed by atoms with van der Waals surface area (Å²) in [4.78, 5) is 13.7. The number of hydrogen-bond donors (Lipinski definition) is 1. The Morgan fingerprint density at radius 2 is 1.94 bits per heavy atom. The lowest BCUT2D eigenvalue weighted by Gasteiger charge is -2.27. The summed E-state index contributed by atoms with van der Waals surface area (Å²) < 4.78 is 13.7. The number of carbonyl (C=O) groups excluding carboxylic acids is 1. The van der Waals surface area contributed by atoms with Gasteiger partial charge in [-0.1, -0.05) is 18.2 Å². The zero-order valence-corrected chi connectivity index (χ0v) is 11.5. The van der Waals surface area contributed by atoms with Crippen molar-refractivity contribution in [2.45, 2.75) is 25.8 Å². The van der Waals surface area contributed by atoms with Gasteiger partial charge in [-0.05, 0) is 34.0 Å². The van der Waals surface area contributed by atoms with Crippen LogP contribution in [0.2, 0.25) is 0 Å². The lowest BCUT2D eigenvalue weighted by atomic mass is 9.93. The Morgan fingerprint density at radius 1 is 1.33 bits per heavy atom. The van der Waals surface area contributed by atoms with Crippen molar-refractivity contribution in [1.29, 1.82) is 0 Å². The normalized spacial score (nSPS) is 11.7. The fraction of sp³-hybridized carbons (Fsp3) is 0.500. The molecule has 0 fully saturated rings. The molecule has 18 heavy (non-hydrogen) atoms. The van der Waals surface area contributed by atoms with Crippen molar-refractivity contribution in [1.82, 2.24) is 10.2 Å². The number of amides is 1. The number of nitrogens with one attached hydrogen (secondary N) is 1. The van der Waals surface area contributed by atoms with Gasteiger partial charge in [-0.2, -0.15) is 0 Å². The minimum atomic E-state index is -0.700. The van der Waals surface area contributed by atoms with Crippen molar-refractivity contribution in [3.05, 3.63) is 35.6 Å². The molecule has 1 aromatic rings. The van der Waals surface area contributed by atoms with E-state index in [0.717, 1.165) is 0 Å². The first kappa shape index (κ1) is 14.6. The second-order valence-electron chi connectivity index (χ2n) is 5.21. The highest BCUT2D eigenvalue weighted by Gasteiger charge is 2.25. The maximum Gasteiger partial charge on any atom is 0.221 e. The van der Waals surface area contributed by atoms with Crippen LogP contribution in [0.3, 0.4) is 0 Å². The molecule has 1 rings (SSSR count). The van der Waals surface area contributed by atoms with E-state index in [9.17, 15) is 9.18 Å². The molecule has 0 bridgehead atoms. The van der Waals surface area contributed by atoms with Crippen molar-refractivity contribution in [3.8, 4) is 0 Å². The van der Waals surface area contributed by atoms with Gasteiger partial charge in [-0.25, -0.2) is 4.39 Å². The van der Waals surface area contributed by atoms with Crippen LogP contribution in [0.15, 0.2) is 24.3 Å². The molecule has 0 atom stereocenters. The van der Waals surface area contributed by atoms with Crippen LogP contribution in [-0.4, -0.2) is 31.4 Å². The van der Waals surface area contributed by atoms with Crippen LogP contribution in [0.25, 0.3) is 0 Å². The van der Waals surface area contributed by atoms with Crippen LogP contribution < -0.4 is 5.32 Å². The van der Waals surface area contributed by atoms with Crippen LogP contribution >= 0.6 is 0 Å².